The van der Waals surface area contributed by atoms with Crippen LogP contribution in [0.3, 0.4) is 0 Å². The van der Waals surface area contributed by atoms with Gasteiger partial charge in [0.1, 0.15) is 0 Å². The van der Waals surface area contributed by atoms with Crippen LogP contribution in [0.2, 0.25) is 5.02 Å². The molecule has 0 aliphatic carbocycles. The molecular weight excluding hydrogens is 322 g/mol. The average Bonchev–Trinajstić information content (AvgIpc) is 2.62. The lowest BCUT2D eigenvalue weighted by atomic mass is 10.1. The van der Waals surface area contributed by atoms with E-state index in [1.807, 2.05) is 36.4 Å². The molecule has 1 saturated heterocycles. The molecule has 3 rings (SSSR count). The van der Waals surface area contributed by atoms with Crippen molar-refractivity contribution >= 4 is 17.5 Å². The summed E-state index contributed by atoms with van der Waals surface area (Å²) < 4.78 is 0. The van der Waals surface area contributed by atoms with Gasteiger partial charge < -0.3 is 10.0 Å². The normalized spacial score (nSPS) is 14.8. The van der Waals surface area contributed by atoms with Crippen LogP contribution < -0.4 is 0 Å². The molecule has 1 aliphatic rings. The summed E-state index contributed by atoms with van der Waals surface area (Å²) >= 11 is 5.85. The van der Waals surface area contributed by atoms with Gasteiger partial charge in [-0.2, -0.15) is 0 Å². The second kappa shape index (κ2) is 7.53. The topological polar surface area (TPSA) is 40.5 Å². The van der Waals surface area contributed by atoms with Gasteiger partial charge in [-0.05, 0) is 61.4 Å². The number of aliphatic hydroxyl groups excluding tert-OH is 1. The van der Waals surface area contributed by atoms with Crippen LogP contribution in [0.15, 0.2) is 48.5 Å². The van der Waals surface area contributed by atoms with Crippen LogP contribution in [0.1, 0.15) is 34.3 Å². The second-order valence-electron chi connectivity index (χ2n) is 5.86. The zero-order valence-electron chi connectivity index (χ0n) is 13.2. The predicted molar refractivity (Wildman–Crippen MR) is 95.0 cm³/mol. The smallest absolute Gasteiger partial charge is 0.253 e. The Kier molecular flexibility index (Phi) is 5.20. The number of nitrogens with zero attached hydrogens (tertiary/aromatic N) is 1. The number of hydrogen-bond donors (Lipinski definition) is 1. The summed E-state index contributed by atoms with van der Waals surface area (Å²) in [7, 11) is 0. The minimum atomic E-state index is -0.278. The fourth-order valence-corrected chi connectivity index (χ4v) is 2.75. The van der Waals surface area contributed by atoms with Crippen molar-refractivity contribution in [1.29, 1.82) is 0 Å². The van der Waals surface area contributed by atoms with Gasteiger partial charge in [-0.3, -0.25) is 4.79 Å². The largest absolute Gasteiger partial charge is 0.393 e. The average molecular weight is 340 g/mol. The molecule has 24 heavy (non-hydrogen) atoms. The van der Waals surface area contributed by atoms with Gasteiger partial charge in [0.2, 0.25) is 0 Å². The third kappa shape index (κ3) is 4.17. The van der Waals surface area contributed by atoms with E-state index in [1.165, 1.54) is 0 Å². The molecule has 0 unspecified atom stereocenters. The maximum atomic E-state index is 12.4. The minimum Gasteiger partial charge on any atom is -0.393 e. The molecule has 2 aromatic rings. The Morgan fingerprint density at radius 1 is 0.958 bits per heavy atom. The number of carbonyl (C=O) groups is 1. The number of rotatable bonds is 1. The summed E-state index contributed by atoms with van der Waals surface area (Å²) in [6, 6.07) is 14.7. The van der Waals surface area contributed by atoms with Gasteiger partial charge in [-0.1, -0.05) is 23.4 Å². The van der Waals surface area contributed by atoms with E-state index in [9.17, 15) is 9.90 Å². The molecule has 2 aromatic carbocycles. The van der Waals surface area contributed by atoms with Crippen LogP contribution in [0.4, 0.5) is 0 Å². The Hall–Kier alpha value is -2.28. The molecule has 0 bridgehead atoms. The Labute approximate surface area is 146 Å². The molecule has 3 nitrogen and oxygen atoms in total. The number of halogens is 1. The zero-order valence-corrected chi connectivity index (χ0v) is 14.0. The van der Waals surface area contributed by atoms with Gasteiger partial charge in [-0.25, -0.2) is 0 Å². The molecule has 0 aromatic heterocycles. The van der Waals surface area contributed by atoms with Gasteiger partial charge in [0, 0.05) is 34.8 Å². The lowest BCUT2D eigenvalue weighted by Crippen LogP contribution is -2.40. The number of likely N-dealkylation sites (tertiary alicyclic amines) is 1. The first kappa shape index (κ1) is 16.6. The van der Waals surface area contributed by atoms with E-state index in [2.05, 4.69) is 11.8 Å². The fourth-order valence-electron chi connectivity index (χ4n) is 2.63. The number of piperidine rings is 1. The van der Waals surface area contributed by atoms with Crippen LogP contribution in [0.25, 0.3) is 0 Å². The summed E-state index contributed by atoms with van der Waals surface area (Å²) in [5, 5.41) is 10.2. The molecule has 1 aliphatic heterocycles. The highest BCUT2D eigenvalue weighted by Crippen LogP contribution is 2.14. The van der Waals surface area contributed by atoms with Crippen molar-refractivity contribution in [3.8, 4) is 11.8 Å². The van der Waals surface area contributed by atoms with E-state index in [4.69, 9.17) is 11.6 Å². The van der Waals surface area contributed by atoms with Crippen LogP contribution >= 0.6 is 11.6 Å². The SMILES string of the molecule is O=C(c1ccc(C#Cc2ccc(Cl)cc2)cc1)N1CCC(O)CC1. The van der Waals surface area contributed by atoms with E-state index in [0.29, 0.717) is 36.5 Å². The zero-order chi connectivity index (χ0) is 16.9. The van der Waals surface area contributed by atoms with Crippen LogP contribution in [-0.4, -0.2) is 35.1 Å². The predicted octanol–water partition coefficient (Wildman–Crippen LogP) is 3.34. The van der Waals surface area contributed by atoms with E-state index in [1.54, 1.807) is 17.0 Å². The minimum absolute atomic E-state index is 0.0131. The molecule has 1 fully saturated rings. The second-order valence-corrected chi connectivity index (χ2v) is 6.29. The van der Waals surface area contributed by atoms with Crippen molar-refractivity contribution in [3.63, 3.8) is 0 Å². The number of hydrogen-bond acceptors (Lipinski definition) is 2. The monoisotopic (exact) mass is 339 g/mol. The first-order chi connectivity index (χ1) is 11.6. The molecule has 0 radical (unpaired) electrons. The highest BCUT2D eigenvalue weighted by Gasteiger charge is 2.21. The third-order valence-electron chi connectivity index (χ3n) is 4.08. The third-order valence-corrected chi connectivity index (χ3v) is 4.33. The van der Waals surface area contributed by atoms with Crippen molar-refractivity contribution in [1.82, 2.24) is 4.90 Å². The van der Waals surface area contributed by atoms with Crippen molar-refractivity contribution in [2.45, 2.75) is 18.9 Å². The number of carbonyl (C=O) groups excluding carboxylic acids is 1. The first-order valence-electron chi connectivity index (χ1n) is 7.97. The van der Waals surface area contributed by atoms with Gasteiger partial charge in [0.15, 0.2) is 0 Å². The molecule has 122 valence electrons. The summed E-state index contributed by atoms with van der Waals surface area (Å²) in [6.07, 6.45) is 1.02. The Morgan fingerprint density at radius 3 is 2.00 bits per heavy atom. The Bertz CT molecular complexity index is 764. The molecule has 1 heterocycles. The Morgan fingerprint density at radius 2 is 1.46 bits per heavy atom. The van der Waals surface area contributed by atoms with Crippen LogP contribution in [-0.2, 0) is 0 Å². The highest BCUT2D eigenvalue weighted by molar-refractivity contribution is 6.30. The standard InChI is InChI=1S/C20H18ClNO2/c21-18-9-5-16(6-10-18)2-1-15-3-7-17(8-4-15)20(24)22-13-11-19(23)12-14-22/h3-10,19,23H,11-14H2. The summed E-state index contributed by atoms with van der Waals surface area (Å²) in [5.41, 5.74) is 2.41. The van der Waals surface area contributed by atoms with Gasteiger partial charge in [-0.15, -0.1) is 0 Å². The quantitative estimate of drug-likeness (QED) is 0.809. The van der Waals surface area contributed by atoms with Crippen molar-refractivity contribution in [2.24, 2.45) is 0 Å². The van der Waals surface area contributed by atoms with Gasteiger partial charge in [0.05, 0.1) is 6.10 Å². The molecule has 1 N–H and O–H groups in total. The summed E-state index contributed by atoms with van der Waals surface area (Å²) in [5.74, 6) is 6.17. The molecule has 1 amide bonds. The highest BCUT2D eigenvalue weighted by atomic mass is 35.5. The Balaban J connectivity index is 1.67. The summed E-state index contributed by atoms with van der Waals surface area (Å²) in [4.78, 5) is 14.2. The molecule has 0 spiro atoms. The first-order valence-corrected chi connectivity index (χ1v) is 8.34. The number of amides is 1. The van der Waals surface area contributed by atoms with Crippen molar-refractivity contribution in [2.75, 3.05) is 13.1 Å². The molecular formula is C20H18ClNO2. The molecule has 0 atom stereocenters. The van der Waals surface area contributed by atoms with E-state index >= 15 is 0 Å². The van der Waals surface area contributed by atoms with Gasteiger partial charge in [0.25, 0.3) is 5.91 Å². The van der Waals surface area contributed by atoms with E-state index in [0.717, 1.165) is 11.1 Å². The lowest BCUT2D eigenvalue weighted by molar-refractivity contribution is 0.0546. The molecule has 4 heteroatoms. The fraction of sp³-hybridized carbons (Fsp3) is 0.250. The van der Waals surface area contributed by atoms with Crippen LogP contribution in [0, 0.1) is 11.8 Å². The van der Waals surface area contributed by atoms with Crippen molar-refractivity contribution in [3.05, 3.63) is 70.2 Å². The lowest BCUT2D eigenvalue weighted by Gasteiger charge is -2.29. The van der Waals surface area contributed by atoms with Gasteiger partial charge >= 0.3 is 0 Å². The molecule has 0 saturated carbocycles. The van der Waals surface area contributed by atoms with E-state index in [-0.39, 0.29) is 12.0 Å². The number of benzene rings is 2. The van der Waals surface area contributed by atoms with Crippen LogP contribution in [0.5, 0.6) is 0 Å². The van der Waals surface area contributed by atoms with Crippen molar-refractivity contribution < 1.29 is 9.90 Å². The van der Waals surface area contributed by atoms with E-state index < -0.39 is 0 Å². The summed E-state index contributed by atoms with van der Waals surface area (Å²) in [6.45, 7) is 1.22. The maximum Gasteiger partial charge on any atom is 0.253 e. The maximum absolute atomic E-state index is 12.4. The number of aliphatic hydroxyl groups is 1.